The first-order chi connectivity index (χ1) is 14.6. The van der Waals surface area contributed by atoms with Crippen LogP contribution in [0.25, 0.3) is 0 Å². The standard InChI is InChI=1S/C23H38N4O2S/c1-4-30(28)21-10-6-9-20(16-21)26-23(24-3)25-17-22(27-11-13-29-14-12-27)19-8-5-7-18(2)15-19/h5,7-8,15,20-22H,4,6,9-14,16-17H2,1-3H3,(H2,24,25,26). The third-order valence-electron chi connectivity index (χ3n) is 6.22. The van der Waals surface area contributed by atoms with Crippen LogP contribution in [-0.2, 0) is 15.5 Å². The summed E-state index contributed by atoms with van der Waals surface area (Å²) in [7, 11) is 1.12. The van der Waals surface area contributed by atoms with Gasteiger partial charge in [0.2, 0.25) is 0 Å². The van der Waals surface area contributed by atoms with Crippen molar-refractivity contribution in [2.24, 2.45) is 4.99 Å². The highest BCUT2D eigenvalue weighted by atomic mass is 32.2. The predicted octanol–water partition coefficient (Wildman–Crippen LogP) is 2.61. The van der Waals surface area contributed by atoms with Crippen LogP contribution in [0.1, 0.15) is 49.8 Å². The highest BCUT2D eigenvalue weighted by molar-refractivity contribution is 7.85. The molecule has 2 aliphatic rings. The minimum Gasteiger partial charge on any atom is -0.379 e. The van der Waals surface area contributed by atoms with Crippen LogP contribution in [0.5, 0.6) is 0 Å². The molecule has 1 aromatic rings. The number of nitrogens with one attached hydrogen (secondary N) is 2. The Labute approximate surface area is 184 Å². The minimum atomic E-state index is -0.711. The normalized spacial score (nSPS) is 25.5. The Morgan fingerprint density at radius 3 is 2.83 bits per heavy atom. The molecule has 1 saturated heterocycles. The van der Waals surface area contributed by atoms with Crippen LogP contribution in [-0.4, -0.2) is 72.0 Å². The largest absolute Gasteiger partial charge is 0.379 e. The molecule has 7 heteroatoms. The molecule has 4 unspecified atom stereocenters. The zero-order valence-electron chi connectivity index (χ0n) is 18.7. The number of benzene rings is 1. The summed E-state index contributed by atoms with van der Waals surface area (Å²) in [5, 5.41) is 7.48. The van der Waals surface area contributed by atoms with E-state index in [1.54, 1.807) is 0 Å². The number of guanidine groups is 1. The molecule has 2 N–H and O–H groups in total. The maximum Gasteiger partial charge on any atom is 0.191 e. The summed E-state index contributed by atoms with van der Waals surface area (Å²) in [6.07, 6.45) is 4.29. The molecular weight excluding hydrogens is 396 g/mol. The van der Waals surface area contributed by atoms with E-state index in [9.17, 15) is 4.21 Å². The summed E-state index contributed by atoms with van der Waals surface area (Å²) >= 11 is 0. The number of rotatable bonds is 7. The summed E-state index contributed by atoms with van der Waals surface area (Å²) in [6.45, 7) is 8.41. The van der Waals surface area contributed by atoms with Crippen molar-refractivity contribution < 1.29 is 8.95 Å². The average Bonchev–Trinajstić information content (AvgIpc) is 2.79. The molecule has 0 amide bonds. The van der Waals surface area contributed by atoms with E-state index in [2.05, 4.69) is 51.7 Å². The van der Waals surface area contributed by atoms with Crippen LogP contribution in [0.2, 0.25) is 0 Å². The van der Waals surface area contributed by atoms with Crippen molar-refractivity contribution in [1.29, 1.82) is 0 Å². The number of aryl methyl sites for hydroxylation is 1. The Bertz CT molecular complexity index is 721. The molecule has 30 heavy (non-hydrogen) atoms. The zero-order valence-corrected chi connectivity index (χ0v) is 19.5. The van der Waals surface area contributed by atoms with E-state index in [0.717, 1.165) is 70.2 Å². The zero-order chi connectivity index (χ0) is 21.3. The van der Waals surface area contributed by atoms with Gasteiger partial charge in [-0.1, -0.05) is 43.2 Å². The second-order valence-electron chi connectivity index (χ2n) is 8.33. The van der Waals surface area contributed by atoms with Gasteiger partial charge in [0.25, 0.3) is 0 Å². The lowest BCUT2D eigenvalue weighted by Gasteiger charge is -2.36. The molecule has 3 rings (SSSR count). The van der Waals surface area contributed by atoms with E-state index in [1.165, 1.54) is 11.1 Å². The molecule has 1 aromatic carbocycles. The molecule has 0 spiro atoms. The van der Waals surface area contributed by atoms with Gasteiger partial charge in [-0.2, -0.15) is 0 Å². The third-order valence-corrected chi connectivity index (χ3v) is 7.96. The van der Waals surface area contributed by atoms with Gasteiger partial charge in [-0.15, -0.1) is 0 Å². The van der Waals surface area contributed by atoms with E-state index in [-0.39, 0.29) is 6.04 Å². The lowest BCUT2D eigenvalue weighted by Crippen LogP contribution is -2.49. The van der Waals surface area contributed by atoms with Crippen molar-refractivity contribution in [3.05, 3.63) is 35.4 Å². The van der Waals surface area contributed by atoms with Crippen LogP contribution < -0.4 is 10.6 Å². The van der Waals surface area contributed by atoms with Crippen molar-refractivity contribution in [3.63, 3.8) is 0 Å². The number of aliphatic imine (C=N–C) groups is 1. The molecule has 0 aromatic heterocycles. The lowest BCUT2D eigenvalue weighted by molar-refractivity contribution is 0.0170. The van der Waals surface area contributed by atoms with Gasteiger partial charge in [0.1, 0.15) is 0 Å². The van der Waals surface area contributed by atoms with Gasteiger partial charge in [0, 0.05) is 54.5 Å². The fourth-order valence-corrected chi connectivity index (χ4v) is 5.90. The predicted molar refractivity (Wildman–Crippen MR) is 126 cm³/mol. The Morgan fingerprint density at radius 1 is 1.33 bits per heavy atom. The SMILES string of the molecule is CCS(=O)C1CCCC(NC(=NC)NCC(c2cccc(C)c2)N2CCOCC2)C1. The monoisotopic (exact) mass is 434 g/mol. The van der Waals surface area contributed by atoms with Gasteiger partial charge >= 0.3 is 0 Å². The topological polar surface area (TPSA) is 66.0 Å². The van der Waals surface area contributed by atoms with Crippen molar-refractivity contribution in [2.45, 2.75) is 56.9 Å². The molecule has 1 heterocycles. The van der Waals surface area contributed by atoms with Gasteiger partial charge in [-0.3, -0.25) is 14.1 Å². The first kappa shape index (κ1) is 23.2. The third kappa shape index (κ3) is 6.53. The fraction of sp³-hybridized carbons (Fsp3) is 0.696. The maximum atomic E-state index is 12.3. The molecule has 1 aliphatic heterocycles. The lowest BCUT2D eigenvalue weighted by atomic mass is 9.95. The Kier molecular flexibility index (Phi) is 9.15. The fourth-order valence-electron chi connectivity index (χ4n) is 4.56. The average molecular weight is 435 g/mol. The van der Waals surface area contributed by atoms with Gasteiger partial charge in [-0.05, 0) is 31.7 Å². The number of ether oxygens (including phenoxy) is 1. The van der Waals surface area contributed by atoms with Gasteiger partial charge in [-0.25, -0.2) is 0 Å². The number of hydrogen-bond acceptors (Lipinski definition) is 4. The Morgan fingerprint density at radius 2 is 2.13 bits per heavy atom. The van der Waals surface area contributed by atoms with Crippen LogP contribution in [0.4, 0.5) is 0 Å². The minimum absolute atomic E-state index is 0.277. The molecular formula is C23H38N4O2S. The molecule has 6 nitrogen and oxygen atoms in total. The number of morpholine rings is 1. The van der Waals surface area contributed by atoms with Gasteiger partial charge in [0.15, 0.2) is 5.96 Å². The molecule has 1 saturated carbocycles. The summed E-state index contributed by atoms with van der Waals surface area (Å²) in [4.78, 5) is 6.98. The highest BCUT2D eigenvalue weighted by Gasteiger charge is 2.27. The van der Waals surface area contributed by atoms with Crippen LogP contribution in [0.3, 0.4) is 0 Å². The smallest absolute Gasteiger partial charge is 0.191 e. The van der Waals surface area contributed by atoms with E-state index in [0.29, 0.717) is 11.3 Å². The molecule has 4 atom stereocenters. The van der Waals surface area contributed by atoms with E-state index >= 15 is 0 Å². The van der Waals surface area contributed by atoms with Crippen LogP contribution in [0.15, 0.2) is 29.3 Å². The van der Waals surface area contributed by atoms with Gasteiger partial charge in [0.05, 0.1) is 19.3 Å². The van der Waals surface area contributed by atoms with Crippen molar-refractivity contribution in [3.8, 4) is 0 Å². The maximum absolute atomic E-state index is 12.3. The first-order valence-electron chi connectivity index (χ1n) is 11.3. The quantitative estimate of drug-likeness (QED) is 0.510. The van der Waals surface area contributed by atoms with Crippen LogP contribution in [0, 0.1) is 6.92 Å². The van der Waals surface area contributed by atoms with E-state index in [4.69, 9.17) is 4.74 Å². The second-order valence-corrected chi connectivity index (χ2v) is 10.3. The summed E-state index contributed by atoms with van der Waals surface area (Å²) in [6, 6.07) is 9.40. The summed E-state index contributed by atoms with van der Waals surface area (Å²) < 4.78 is 17.8. The van der Waals surface area contributed by atoms with Gasteiger partial charge < -0.3 is 15.4 Å². The van der Waals surface area contributed by atoms with Crippen molar-refractivity contribution >= 4 is 16.8 Å². The Hall–Kier alpha value is -1.44. The number of hydrogen-bond donors (Lipinski definition) is 2. The van der Waals surface area contributed by atoms with Crippen molar-refractivity contribution in [2.75, 3.05) is 45.6 Å². The first-order valence-corrected chi connectivity index (χ1v) is 12.7. The molecule has 168 valence electrons. The van der Waals surface area contributed by atoms with E-state index in [1.807, 2.05) is 14.0 Å². The van der Waals surface area contributed by atoms with E-state index < -0.39 is 10.8 Å². The van der Waals surface area contributed by atoms with Crippen LogP contribution >= 0.6 is 0 Å². The highest BCUT2D eigenvalue weighted by Crippen LogP contribution is 2.24. The van der Waals surface area contributed by atoms with Crippen molar-refractivity contribution in [1.82, 2.24) is 15.5 Å². The molecule has 0 radical (unpaired) electrons. The summed E-state index contributed by atoms with van der Waals surface area (Å²) in [5.74, 6) is 1.59. The molecule has 1 aliphatic carbocycles. The molecule has 0 bridgehead atoms. The molecule has 2 fully saturated rings. The number of nitrogens with zero attached hydrogens (tertiary/aromatic N) is 2. The summed E-state index contributed by atoms with van der Waals surface area (Å²) in [5.41, 5.74) is 2.61. The Balaban J connectivity index is 1.62. The second kappa shape index (κ2) is 11.8.